The molecule has 1 saturated heterocycles. The summed E-state index contributed by atoms with van der Waals surface area (Å²) < 4.78 is 4.57. The summed E-state index contributed by atoms with van der Waals surface area (Å²) in [6.45, 7) is 0. The second-order valence-corrected chi connectivity index (χ2v) is 3.38. The van der Waals surface area contributed by atoms with E-state index in [1.165, 1.54) is 19.3 Å². The van der Waals surface area contributed by atoms with Gasteiger partial charge in [0.15, 0.2) is 0 Å². The highest BCUT2D eigenvalue weighted by molar-refractivity contribution is 6.46. The van der Waals surface area contributed by atoms with Crippen molar-refractivity contribution in [3.8, 4) is 0 Å². The molecule has 1 heterocycles. The lowest BCUT2D eigenvalue weighted by Crippen LogP contribution is -2.31. The molecule has 1 N–H and O–H groups in total. The van der Waals surface area contributed by atoms with Gasteiger partial charge in [-0.05, 0) is 11.6 Å². The highest BCUT2D eigenvalue weighted by Gasteiger charge is 2.33. The number of allylic oxidation sites excluding steroid dienone is 3. The Labute approximate surface area is 85.8 Å². The molecule has 0 saturated carbocycles. The summed E-state index contributed by atoms with van der Waals surface area (Å²) in [6.07, 6.45) is 2.88. The molecular formula is C10H9NO4. The predicted octanol–water partition coefficient (Wildman–Crippen LogP) is -0.517. The van der Waals surface area contributed by atoms with Gasteiger partial charge in [0.2, 0.25) is 11.6 Å². The lowest BCUT2D eigenvalue weighted by molar-refractivity contribution is -0.142. The van der Waals surface area contributed by atoms with Crippen LogP contribution < -0.4 is 5.32 Å². The Bertz CT molecular complexity index is 387. The molecule has 0 amide bonds. The minimum absolute atomic E-state index is 0.386. The van der Waals surface area contributed by atoms with Crippen LogP contribution in [0.25, 0.3) is 0 Å². The topological polar surface area (TPSA) is 72.5 Å². The molecule has 1 fully saturated rings. The first-order valence-electron chi connectivity index (χ1n) is 4.47. The molecule has 5 heteroatoms. The highest BCUT2D eigenvalue weighted by Crippen LogP contribution is 2.26. The first-order chi connectivity index (χ1) is 7.11. The highest BCUT2D eigenvalue weighted by atomic mass is 16.5. The number of esters is 1. The van der Waals surface area contributed by atoms with Gasteiger partial charge in [0.05, 0.1) is 7.11 Å². The molecule has 78 valence electrons. The average Bonchev–Trinajstić information content (AvgIpc) is 2.60. The zero-order valence-electron chi connectivity index (χ0n) is 8.07. The lowest BCUT2D eigenvalue weighted by atomic mass is 10.0. The maximum atomic E-state index is 11.2. The van der Waals surface area contributed by atoms with Crippen LogP contribution >= 0.6 is 0 Å². The number of carbonyl (C=O) groups excluding carboxylic acids is 3. The van der Waals surface area contributed by atoms with Crippen LogP contribution in [0, 0.1) is 0 Å². The number of hydrogen-bond acceptors (Lipinski definition) is 5. The van der Waals surface area contributed by atoms with E-state index in [2.05, 4.69) is 10.1 Å². The quantitative estimate of drug-likeness (QED) is 0.356. The molecular weight excluding hydrogens is 198 g/mol. The van der Waals surface area contributed by atoms with Crippen molar-refractivity contribution >= 4 is 17.5 Å². The zero-order chi connectivity index (χ0) is 11.0. The minimum atomic E-state index is -0.563. The largest absolute Gasteiger partial charge is 0.467 e. The van der Waals surface area contributed by atoms with Crippen LogP contribution in [0.4, 0.5) is 0 Å². The van der Waals surface area contributed by atoms with Crippen LogP contribution in [-0.4, -0.2) is 30.7 Å². The van der Waals surface area contributed by atoms with Crippen LogP contribution in [0.2, 0.25) is 0 Å². The number of carbonyl (C=O) groups is 3. The van der Waals surface area contributed by atoms with Crippen LogP contribution in [0.3, 0.4) is 0 Å². The third kappa shape index (κ3) is 1.56. The summed E-state index contributed by atoms with van der Waals surface area (Å²) in [6, 6.07) is -0.494. The minimum Gasteiger partial charge on any atom is -0.467 e. The summed E-state index contributed by atoms with van der Waals surface area (Å²) in [4.78, 5) is 33.3. The second kappa shape index (κ2) is 3.34. The molecule has 1 aliphatic heterocycles. The van der Waals surface area contributed by atoms with Crippen molar-refractivity contribution in [1.82, 2.24) is 5.32 Å². The molecule has 2 aliphatic rings. The van der Waals surface area contributed by atoms with E-state index < -0.39 is 23.6 Å². The van der Waals surface area contributed by atoms with E-state index in [0.717, 1.165) is 0 Å². The summed E-state index contributed by atoms with van der Waals surface area (Å²) in [5.41, 5.74) is 1.24. The molecule has 0 aromatic heterocycles. The van der Waals surface area contributed by atoms with Crippen LogP contribution in [0.5, 0.6) is 0 Å². The van der Waals surface area contributed by atoms with Gasteiger partial charge in [-0.15, -0.1) is 0 Å². The van der Waals surface area contributed by atoms with E-state index in [-0.39, 0.29) is 0 Å². The Balaban J connectivity index is 2.24. The lowest BCUT2D eigenvalue weighted by Gasteiger charge is -2.07. The Morgan fingerprint density at radius 3 is 2.73 bits per heavy atom. The fraction of sp³-hybridized carbons (Fsp3) is 0.300. The van der Waals surface area contributed by atoms with E-state index in [0.29, 0.717) is 17.7 Å². The van der Waals surface area contributed by atoms with E-state index in [4.69, 9.17) is 0 Å². The SMILES string of the molecule is COC(=O)C1CC2=CC(=O)C(=O)C=C2N1. The zero-order valence-corrected chi connectivity index (χ0v) is 8.07. The van der Waals surface area contributed by atoms with Gasteiger partial charge in [-0.2, -0.15) is 0 Å². The molecule has 2 rings (SSSR count). The van der Waals surface area contributed by atoms with Gasteiger partial charge in [-0.1, -0.05) is 0 Å². The molecule has 5 nitrogen and oxygen atoms in total. The molecule has 0 bridgehead atoms. The molecule has 15 heavy (non-hydrogen) atoms. The number of fused-ring (bicyclic) bond motifs is 1. The van der Waals surface area contributed by atoms with Crippen molar-refractivity contribution < 1.29 is 19.1 Å². The van der Waals surface area contributed by atoms with Gasteiger partial charge in [0.1, 0.15) is 6.04 Å². The predicted molar refractivity (Wildman–Crippen MR) is 49.7 cm³/mol. The molecule has 0 aromatic carbocycles. The van der Waals surface area contributed by atoms with Gasteiger partial charge in [-0.3, -0.25) is 9.59 Å². The Hall–Kier alpha value is -1.91. The van der Waals surface area contributed by atoms with Gasteiger partial charge < -0.3 is 10.1 Å². The van der Waals surface area contributed by atoms with Gasteiger partial charge in [0, 0.05) is 18.2 Å². The molecule has 1 aliphatic carbocycles. The number of rotatable bonds is 1. The van der Waals surface area contributed by atoms with Gasteiger partial charge in [-0.25, -0.2) is 4.79 Å². The van der Waals surface area contributed by atoms with Crippen LogP contribution in [0.1, 0.15) is 6.42 Å². The average molecular weight is 207 g/mol. The van der Waals surface area contributed by atoms with E-state index >= 15 is 0 Å². The fourth-order valence-electron chi connectivity index (χ4n) is 1.65. The van der Waals surface area contributed by atoms with Crippen LogP contribution in [-0.2, 0) is 19.1 Å². The third-order valence-electron chi connectivity index (χ3n) is 2.41. The Kier molecular flexibility index (Phi) is 2.15. The van der Waals surface area contributed by atoms with Crippen molar-refractivity contribution in [2.75, 3.05) is 7.11 Å². The molecule has 0 spiro atoms. The summed E-state index contributed by atoms with van der Waals surface area (Å²) >= 11 is 0. The normalized spacial score (nSPS) is 23.9. The van der Waals surface area contributed by atoms with Crippen molar-refractivity contribution in [3.05, 3.63) is 23.4 Å². The molecule has 0 aromatic rings. The van der Waals surface area contributed by atoms with E-state index in [9.17, 15) is 14.4 Å². The summed E-state index contributed by atoms with van der Waals surface area (Å²) in [7, 11) is 1.30. The smallest absolute Gasteiger partial charge is 0.328 e. The number of ether oxygens (including phenoxy) is 1. The number of hydrogen-bond donors (Lipinski definition) is 1. The van der Waals surface area contributed by atoms with E-state index in [1.807, 2.05) is 0 Å². The van der Waals surface area contributed by atoms with Crippen molar-refractivity contribution in [3.63, 3.8) is 0 Å². The van der Waals surface area contributed by atoms with E-state index in [1.54, 1.807) is 0 Å². The molecule has 1 atom stereocenters. The first kappa shape index (κ1) is 9.64. The fourth-order valence-corrected chi connectivity index (χ4v) is 1.65. The number of ketones is 2. The maximum Gasteiger partial charge on any atom is 0.328 e. The maximum absolute atomic E-state index is 11.2. The number of nitrogens with one attached hydrogen (secondary N) is 1. The van der Waals surface area contributed by atoms with Crippen LogP contribution in [0.15, 0.2) is 23.4 Å². The first-order valence-corrected chi connectivity index (χ1v) is 4.47. The van der Waals surface area contributed by atoms with Gasteiger partial charge >= 0.3 is 5.97 Å². The number of methoxy groups -OCH3 is 1. The Morgan fingerprint density at radius 2 is 2.07 bits per heavy atom. The van der Waals surface area contributed by atoms with Crippen molar-refractivity contribution in [2.45, 2.75) is 12.5 Å². The second-order valence-electron chi connectivity index (χ2n) is 3.38. The van der Waals surface area contributed by atoms with Crippen molar-refractivity contribution in [1.29, 1.82) is 0 Å². The third-order valence-corrected chi connectivity index (χ3v) is 2.41. The molecule has 1 unspecified atom stereocenters. The summed E-state index contributed by atoms with van der Waals surface area (Å²) in [5, 5.41) is 2.84. The van der Waals surface area contributed by atoms with Crippen molar-refractivity contribution in [2.24, 2.45) is 0 Å². The molecule has 0 radical (unpaired) electrons. The summed E-state index contributed by atoms with van der Waals surface area (Å²) in [5.74, 6) is -1.50. The standard InChI is InChI=1S/C10H9NO4/c1-15-10(14)7-2-5-3-8(12)9(13)4-6(5)11-7/h3-4,7,11H,2H2,1H3. The Morgan fingerprint density at radius 1 is 1.40 bits per heavy atom. The monoisotopic (exact) mass is 207 g/mol. The van der Waals surface area contributed by atoms with Gasteiger partial charge in [0.25, 0.3) is 0 Å².